The molecule has 0 aliphatic heterocycles. The smallest absolute Gasteiger partial charge is 0.339 e. The van der Waals surface area contributed by atoms with Gasteiger partial charge in [-0.1, -0.05) is 13.8 Å². The number of hydrogen-bond acceptors (Lipinski definition) is 4. The van der Waals surface area contributed by atoms with E-state index >= 15 is 0 Å². The molecule has 0 saturated carbocycles. The molecule has 1 rings (SSSR count). The third-order valence-electron chi connectivity index (χ3n) is 2.88. The fourth-order valence-electron chi connectivity index (χ4n) is 1.77. The minimum atomic E-state index is -0.950. The largest absolute Gasteiger partial charge is 0.478 e. The Hall–Kier alpha value is -1.62. The molecule has 0 radical (unpaired) electrons. The highest BCUT2D eigenvalue weighted by atomic mass is 16.4. The minimum absolute atomic E-state index is 0.223. The zero-order chi connectivity index (χ0) is 13.4. The van der Waals surface area contributed by atoms with Gasteiger partial charge in [0.15, 0.2) is 0 Å². The van der Waals surface area contributed by atoms with Crippen LogP contribution in [0.25, 0.3) is 0 Å². The van der Waals surface area contributed by atoms with Gasteiger partial charge in [-0.2, -0.15) is 0 Å². The molecule has 0 saturated heterocycles. The van der Waals surface area contributed by atoms with E-state index in [2.05, 4.69) is 29.0 Å². The Kier molecular flexibility index (Phi) is 6.14. The SMILES string of the molecule is CCN(CC)CCCNc1ncccc1C(=O)O. The Bertz CT molecular complexity index is 378. The summed E-state index contributed by atoms with van der Waals surface area (Å²) in [6, 6.07) is 3.19. The molecule has 0 unspecified atom stereocenters. The number of nitrogens with one attached hydrogen (secondary N) is 1. The van der Waals surface area contributed by atoms with Crippen molar-refractivity contribution in [1.29, 1.82) is 0 Å². The summed E-state index contributed by atoms with van der Waals surface area (Å²) in [5.74, 6) is -0.501. The van der Waals surface area contributed by atoms with Crippen molar-refractivity contribution < 1.29 is 9.90 Å². The summed E-state index contributed by atoms with van der Waals surface area (Å²) in [5.41, 5.74) is 0.223. The summed E-state index contributed by atoms with van der Waals surface area (Å²) < 4.78 is 0. The number of anilines is 1. The second-order valence-electron chi connectivity index (χ2n) is 4.01. The van der Waals surface area contributed by atoms with Crippen LogP contribution in [0.3, 0.4) is 0 Å². The first-order valence-electron chi connectivity index (χ1n) is 6.33. The summed E-state index contributed by atoms with van der Waals surface area (Å²) >= 11 is 0. The summed E-state index contributed by atoms with van der Waals surface area (Å²) in [7, 11) is 0. The standard InChI is InChI=1S/C13H21N3O2/c1-3-16(4-2)10-6-9-15-12-11(13(17)18)7-5-8-14-12/h5,7-8H,3-4,6,9-10H2,1-2H3,(H,14,15)(H,17,18). The van der Waals surface area contributed by atoms with E-state index < -0.39 is 5.97 Å². The van der Waals surface area contributed by atoms with Crippen molar-refractivity contribution in [2.45, 2.75) is 20.3 Å². The summed E-state index contributed by atoms with van der Waals surface area (Å²) in [5, 5.41) is 12.1. The van der Waals surface area contributed by atoms with Crippen molar-refractivity contribution in [3.8, 4) is 0 Å². The molecule has 0 fully saturated rings. The normalized spacial score (nSPS) is 10.6. The number of carboxylic acid groups (broad SMARTS) is 1. The fourth-order valence-corrected chi connectivity index (χ4v) is 1.77. The molecule has 1 aromatic heterocycles. The Morgan fingerprint density at radius 1 is 1.44 bits per heavy atom. The van der Waals surface area contributed by atoms with Gasteiger partial charge in [0.2, 0.25) is 0 Å². The lowest BCUT2D eigenvalue weighted by atomic mass is 10.2. The molecule has 0 aliphatic rings. The molecular formula is C13H21N3O2. The molecule has 0 aromatic carbocycles. The molecule has 1 heterocycles. The number of hydrogen-bond donors (Lipinski definition) is 2. The Morgan fingerprint density at radius 2 is 2.17 bits per heavy atom. The molecule has 0 spiro atoms. The first-order valence-corrected chi connectivity index (χ1v) is 6.33. The van der Waals surface area contributed by atoms with Crippen molar-refractivity contribution in [2.24, 2.45) is 0 Å². The first-order chi connectivity index (χ1) is 8.69. The van der Waals surface area contributed by atoms with Gasteiger partial charge < -0.3 is 15.3 Å². The van der Waals surface area contributed by atoms with E-state index in [-0.39, 0.29) is 5.56 Å². The highest BCUT2D eigenvalue weighted by Crippen LogP contribution is 2.10. The maximum atomic E-state index is 11.0. The molecule has 0 amide bonds. The van der Waals surface area contributed by atoms with Crippen molar-refractivity contribution in [1.82, 2.24) is 9.88 Å². The molecule has 0 atom stereocenters. The molecule has 5 heteroatoms. The first kappa shape index (κ1) is 14.4. The van der Waals surface area contributed by atoms with Gasteiger partial charge in [-0.05, 0) is 38.2 Å². The van der Waals surface area contributed by atoms with Crippen molar-refractivity contribution >= 4 is 11.8 Å². The van der Waals surface area contributed by atoms with Crippen LogP contribution in [0.4, 0.5) is 5.82 Å². The molecule has 0 aliphatic carbocycles. The van der Waals surface area contributed by atoms with Gasteiger partial charge in [0.25, 0.3) is 0 Å². The van der Waals surface area contributed by atoms with Gasteiger partial charge >= 0.3 is 5.97 Å². The topological polar surface area (TPSA) is 65.5 Å². The van der Waals surface area contributed by atoms with Crippen LogP contribution in [0.2, 0.25) is 0 Å². The van der Waals surface area contributed by atoms with Crippen LogP contribution in [0.15, 0.2) is 18.3 Å². The van der Waals surface area contributed by atoms with Gasteiger partial charge in [-0.25, -0.2) is 9.78 Å². The van der Waals surface area contributed by atoms with E-state index in [0.29, 0.717) is 5.82 Å². The third kappa shape index (κ3) is 4.33. The second-order valence-corrected chi connectivity index (χ2v) is 4.01. The number of nitrogens with zero attached hydrogens (tertiary/aromatic N) is 2. The Morgan fingerprint density at radius 3 is 2.78 bits per heavy atom. The molecule has 100 valence electrons. The number of rotatable bonds is 8. The quantitative estimate of drug-likeness (QED) is 0.691. The van der Waals surface area contributed by atoms with Crippen LogP contribution in [-0.4, -0.2) is 47.1 Å². The van der Waals surface area contributed by atoms with E-state index in [1.807, 2.05) is 0 Å². The lowest BCUT2D eigenvalue weighted by Crippen LogP contribution is -2.25. The van der Waals surface area contributed by atoms with Gasteiger partial charge in [0, 0.05) is 12.7 Å². The third-order valence-corrected chi connectivity index (χ3v) is 2.88. The Balaban J connectivity index is 2.42. The molecule has 18 heavy (non-hydrogen) atoms. The van der Waals surface area contributed by atoms with Crippen molar-refractivity contribution in [2.75, 3.05) is 31.5 Å². The predicted molar refractivity (Wildman–Crippen MR) is 72.1 cm³/mol. The van der Waals surface area contributed by atoms with Crippen LogP contribution in [0.1, 0.15) is 30.6 Å². The minimum Gasteiger partial charge on any atom is -0.478 e. The number of aromatic carboxylic acids is 1. The van der Waals surface area contributed by atoms with Crippen LogP contribution in [0, 0.1) is 0 Å². The fraction of sp³-hybridized carbons (Fsp3) is 0.538. The van der Waals surface area contributed by atoms with Crippen LogP contribution >= 0.6 is 0 Å². The van der Waals surface area contributed by atoms with E-state index in [1.165, 1.54) is 0 Å². The van der Waals surface area contributed by atoms with Crippen LogP contribution in [-0.2, 0) is 0 Å². The van der Waals surface area contributed by atoms with Gasteiger partial charge in [0.05, 0.1) is 0 Å². The summed E-state index contributed by atoms with van der Waals surface area (Å²) in [6.07, 6.45) is 2.57. The summed E-state index contributed by atoms with van der Waals surface area (Å²) in [4.78, 5) is 17.4. The molecule has 5 nitrogen and oxygen atoms in total. The van der Waals surface area contributed by atoms with E-state index in [0.717, 1.165) is 32.6 Å². The van der Waals surface area contributed by atoms with E-state index in [4.69, 9.17) is 5.11 Å². The number of pyridine rings is 1. The van der Waals surface area contributed by atoms with Gasteiger partial charge in [-0.3, -0.25) is 0 Å². The van der Waals surface area contributed by atoms with Gasteiger partial charge in [0.1, 0.15) is 11.4 Å². The zero-order valence-electron chi connectivity index (χ0n) is 11.0. The Labute approximate surface area is 108 Å². The highest BCUT2D eigenvalue weighted by Gasteiger charge is 2.09. The highest BCUT2D eigenvalue weighted by molar-refractivity contribution is 5.92. The van der Waals surface area contributed by atoms with Crippen LogP contribution < -0.4 is 5.32 Å². The number of aromatic nitrogens is 1. The lowest BCUT2D eigenvalue weighted by molar-refractivity contribution is 0.0697. The van der Waals surface area contributed by atoms with Crippen molar-refractivity contribution in [3.63, 3.8) is 0 Å². The zero-order valence-corrected chi connectivity index (χ0v) is 11.0. The van der Waals surface area contributed by atoms with Crippen molar-refractivity contribution in [3.05, 3.63) is 23.9 Å². The monoisotopic (exact) mass is 251 g/mol. The lowest BCUT2D eigenvalue weighted by Gasteiger charge is -2.17. The maximum absolute atomic E-state index is 11.0. The van der Waals surface area contributed by atoms with Crippen LogP contribution in [0.5, 0.6) is 0 Å². The average Bonchev–Trinajstić information content (AvgIpc) is 2.39. The van der Waals surface area contributed by atoms with Gasteiger partial charge in [-0.15, -0.1) is 0 Å². The second kappa shape index (κ2) is 7.66. The average molecular weight is 251 g/mol. The number of carbonyl (C=O) groups is 1. The maximum Gasteiger partial charge on any atom is 0.339 e. The van der Waals surface area contributed by atoms with E-state index in [9.17, 15) is 4.79 Å². The van der Waals surface area contributed by atoms with E-state index in [1.54, 1.807) is 18.3 Å². The molecular weight excluding hydrogens is 230 g/mol. The molecule has 1 aromatic rings. The molecule has 0 bridgehead atoms. The predicted octanol–water partition coefficient (Wildman–Crippen LogP) is 1.92. The summed E-state index contributed by atoms with van der Waals surface area (Å²) in [6.45, 7) is 8.10. The number of carboxylic acids is 1. The molecule has 2 N–H and O–H groups in total.